The molecule has 0 bridgehead atoms. The number of hydrogen-bond donors (Lipinski definition) is 2. The highest BCUT2D eigenvalue weighted by Gasteiger charge is 2.50. The maximum absolute atomic E-state index is 11.8. The Kier molecular flexibility index (Phi) is 14.9. The van der Waals surface area contributed by atoms with Gasteiger partial charge >= 0.3 is 11.9 Å². The summed E-state index contributed by atoms with van der Waals surface area (Å²) in [4.78, 5) is 22.3. The lowest BCUT2D eigenvalue weighted by atomic mass is 9.74. The van der Waals surface area contributed by atoms with Crippen molar-refractivity contribution in [1.29, 1.82) is 0 Å². The molecule has 4 nitrogen and oxygen atoms in total. The molecule has 0 aliphatic heterocycles. The molecule has 1 fully saturated rings. The summed E-state index contributed by atoms with van der Waals surface area (Å²) in [5, 5.41) is 18.4. The van der Waals surface area contributed by atoms with Gasteiger partial charge in [0, 0.05) is 6.42 Å². The third kappa shape index (κ3) is 12.5. The topological polar surface area (TPSA) is 74.6 Å². The molecule has 2 atom stereocenters. The van der Waals surface area contributed by atoms with E-state index in [-0.39, 0.29) is 17.8 Å². The largest absolute Gasteiger partial charge is 0.481 e. The Morgan fingerprint density at radius 3 is 1.71 bits per heavy atom. The molecule has 0 aromatic rings. The summed E-state index contributed by atoms with van der Waals surface area (Å²) in [5.74, 6) is -1.24. The molecule has 0 spiro atoms. The second kappa shape index (κ2) is 16.6. The van der Waals surface area contributed by atoms with Gasteiger partial charge in [0.1, 0.15) is 0 Å². The van der Waals surface area contributed by atoms with Gasteiger partial charge in [0.15, 0.2) is 0 Å². The van der Waals surface area contributed by atoms with Crippen molar-refractivity contribution in [3.05, 3.63) is 0 Å². The zero-order valence-electron chi connectivity index (χ0n) is 20.5. The second-order valence-corrected chi connectivity index (χ2v) is 10.2. The molecule has 0 radical (unpaired) electrons. The number of unbranched alkanes of at least 4 members (excludes halogenated alkanes) is 13. The molecule has 1 aliphatic rings. The summed E-state index contributed by atoms with van der Waals surface area (Å²) in [6.45, 7) is 4.19. The number of carboxylic acids is 2. The number of rotatable bonds is 22. The Morgan fingerprint density at radius 1 is 0.742 bits per heavy atom. The van der Waals surface area contributed by atoms with Gasteiger partial charge in [0.25, 0.3) is 0 Å². The highest BCUT2D eigenvalue weighted by Crippen LogP contribution is 2.59. The first-order chi connectivity index (χ1) is 14.9. The van der Waals surface area contributed by atoms with Gasteiger partial charge < -0.3 is 10.2 Å². The Labute approximate surface area is 191 Å². The number of hydrogen-bond acceptors (Lipinski definition) is 2. The van der Waals surface area contributed by atoms with Crippen molar-refractivity contribution >= 4 is 11.9 Å². The molecular formula is C27H50O4. The first-order valence-corrected chi connectivity index (χ1v) is 13.4. The first-order valence-electron chi connectivity index (χ1n) is 13.4. The van der Waals surface area contributed by atoms with Crippen LogP contribution in [0.15, 0.2) is 0 Å². The quantitative estimate of drug-likeness (QED) is 0.167. The van der Waals surface area contributed by atoms with E-state index in [9.17, 15) is 14.7 Å². The van der Waals surface area contributed by atoms with E-state index in [1.165, 1.54) is 77.0 Å². The predicted octanol–water partition coefficient (Wildman–Crippen LogP) is 8.23. The van der Waals surface area contributed by atoms with Gasteiger partial charge in [-0.2, -0.15) is 0 Å². The SMILES string of the molecule is CCCCCCCCCCCCC(C(C)C(=O)O)C1(CCCCCCCC(=O)O)CC1. The van der Waals surface area contributed by atoms with Gasteiger partial charge in [-0.15, -0.1) is 0 Å². The van der Waals surface area contributed by atoms with Gasteiger partial charge in [-0.3, -0.25) is 9.59 Å². The Balaban J connectivity index is 2.25. The fourth-order valence-electron chi connectivity index (χ4n) is 5.36. The van der Waals surface area contributed by atoms with Crippen LogP contribution in [0.2, 0.25) is 0 Å². The van der Waals surface area contributed by atoms with E-state index in [2.05, 4.69) is 6.92 Å². The van der Waals surface area contributed by atoms with Gasteiger partial charge in [0.2, 0.25) is 0 Å². The van der Waals surface area contributed by atoms with Crippen LogP contribution >= 0.6 is 0 Å². The summed E-state index contributed by atoms with van der Waals surface area (Å²) in [5.41, 5.74) is 0.276. The van der Waals surface area contributed by atoms with E-state index < -0.39 is 11.9 Å². The summed E-state index contributed by atoms with van der Waals surface area (Å²) in [6, 6.07) is 0. The van der Waals surface area contributed by atoms with Crippen molar-refractivity contribution in [2.24, 2.45) is 17.3 Å². The highest BCUT2D eigenvalue weighted by atomic mass is 16.4. The molecule has 1 rings (SSSR count). The van der Waals surface area contributed by atoms with Crippen LogP contribution < -0.4 is 0 Å². The van der Waals surface area contributed by atoms with E-state index in [4.69, 9.17) is 5.11 Å². The minimum atomic E-state index is -0.700. The van der Waals surface area contributed by atoms with Crippen LogP contribution in [0.1, 0.15) is 142 Å². The third-order valence-corrected chi connectivity index (χ3v) is 7.61. The normalized spacial score (nSPS) is 16.7. The smallest absolute Gasteiger partial charge is 0.306 e. The Hall–Kier alpha value is -1.06. The van der Waals surface area contributed by atoms with Crippen LogP contribution in [-0.2, 0) is 9.59 Å². The Bertz CT molecular complexity index is 484. The molecule has 182 valence electrons. The standard InChI is InChI=1S/C27H50O4/c1-3-4-5-6-7-8-9-10-12-15-18-24(23(2)26(30)31)27(21-22-27)20-17-14-11-13-16-19-25(28)29/h23-24H,3-22H2,1-2H3,(H,28,29)(H,30,31). The molecule has 1 saturated carbocycles. The predicted molar refractivity (Wildman–Crippen MR) is 128 cm³/mol. The Morgan fingerprint density at radius 2 is 1.23 bits per heavy atom. The fraction of sp³-hybridized carbons (Fsp3) is 0.926. The zero-order valence-corrected chi connectivity index (χ0v) is 20.5. The summed E-state index contributed by atoms with van der Waals surface area (Å²) < 4.78 is 0. The first kappa shape index (κ1) is 28.0. The van der Waals surface area contributed by atoms with Crippen LogP contribution in [0.4, 0.5) is 0 Å². The molecule has 2 N–H and O–H groups in total. The average Bonchev–Trinajstić information content (AvgIpc) is 3.51. The summed E-state index contributed by atoms with van der Waals surface area (Å²) >= 11 is 0. The van der Waals surface area contributed by atoms with Crippen molar-refractivity contribution < 1.29 is 19.8 Å². The van der Waals surface area contributed by atoms with Crippen molar-refractivity contribution in [3.8, 4) is 0 Å². The third-order valence-electron chi connectivity index (χ3n) is 7.61. The maximum Gasteiger partial charge on any atom is 0.306 e. The van der Waals surface area contributed by atoms with E-state index in [1.54, 1.807) is 0 Å². The van der Waals surface area contributed by atoms with Gasteiger partial charge in [-0.25, -0.2) is 0 Å². The number of carbonyl (C=O) groups is 2. The summed E-state index contributed by atoms with van der Waals surface area (Å²) in [7, 11) is 0. The van der Waals surface area contributed by atoms with Crippen molar-refractivity contribution in [3.63, 3.8) is 0 Å². The molecule has 0 aromatic carbocycles. The van der Waals surface area contributed by atoms with Crippen LogP contribution in [0.5, 0.6) is 0 Å². The van der Waals surface area contributed by atoms with E-state index >= 15 is 0 Å². The molecule has 1 aliphatic carbocycles. The van der Waals surface area contributed by atoms with E-state index in [0.29, 0.717) is 5.92 Å². The second-order valence-electron chi connectivity index (χ2n) is 10.2. The van der Waals surface area contributed by atoms with Crippen LogP contribution in [-0.4, -0.2) is 22.2 Å². The lowest BCUT2D eigenvalue weighted by molar-refractivity contribution is -0.144. The average molecular weight is 439 g/mol. The van der Waals surface area contributed by atoms with Crippen LogP contribution in [0.25, 0.3) is 0 Å². The van der Waals surface area contributed by atoms with E-state index in [1.807, 2.05) is 6.92 Å². The molecule has 4 heteroatoms. The molecular weight excluding hydrogens is 388 g/mol. The van der Waals surface area contributed by atoms with Crippen LogP contribution in [0.3, 0.4) is 0 Å². The lowest BCUT2D eigenvalue weighted by Crippen LogP contribution is -2.29. The molecule has 0 amide bonds. The number of carboxylic acid groups (broad SMARTS) is 2. The number of aliphatic carboxylic acids is 2. The highest BCUT2D eigenvalue weighted by molar-refractivity contribution is 5.70. The lowest BCUT2D eigenvalue weighted by Gasteiger charge is -2.30. The van der Waals surface area contributed by atoms with Gasteiger partial charge in [-0.05, 0) is 43.4 Å². The summed E-state index contributed by atoms with van der Waals surface area (Å²) in [6.07, 6.45) is 23.3. The van der Waals surface area contributed by atoms with Crippen molar-refractivity contribution in [1.82, 2.24) is 0 Å². The minimum absolute atomic E-state index is 0.239. The zero-order chi connectivity index (χ0) is 23.0. The molecule has 0 aromatic heterocycles. The van der Waals surface area contributed by atoms with Gasteiger partial charge in [0.05, 0.1) is 5.92 Å². The van der Waals surface area contributed by atoms with Crippen molar-refractivity contribution in [2.45, 2.75) is 142 Å². The molecule has 2 unspecified atom stereocenters. The molecule has 0 saturated heterocycles. The fourth-order valence-corrected chi connectivity index (χ4v) is 5.36. The molecule has 0 heterocycles. The monoisotopic (exact) mass is 438 g/mol. The van der Waals surface area contributed by atoms with E-state index in [0.717, 1.165) is 44.9 Å². The van der Waals surface area contributed by atoms with Gasteiger partial charge in [-0.1, -0.05) is 104 Å². The van der Waals surface area contributed by atoms with Crippen molar-refractivity contribution in [2.75, 3.05) is 0 Å². The molecule has 31 heavy (non-hydrogen) atoms. The van der Waals surface area contributed by atoms with Crippen LogP contribution in [0, 0.1) is 17.3 Å². The maximum atomic E-state index is 11.8. The minimum Gasteiger partial charge on any atom is -0.481 e.